The van der Waals surface area contributed by atoms with E-state index in [1.165, 1.54) is 0 Å². The summed E-state index contributed by atoms with van der Waals surface area (Å²) in [5.41, 5.74) is 3.94. The van der Waals surface area contributed by atoms with Crippen LogP contribution in [0.2, 0.25) is 0 Å². The number of ether oxygens (including phenoxy) is 1. The number of rotatable bonds is 10. The fourth-order valence-corrected chi connectivity index (χ4v) is 4.09. The molecular weight excluding hydrogens is 422 g/mol. The van der Waals surface area contributed by atoms with Crippen LogP contribution in [0.1, 0.15) is 42.1 Å². The van der Waals surface area contributed by atoms with E-state index in [2.05, 4.69) is 19.1 Å². The minimum absolute atomic E-state index is 0.0714. The highest BCUT2D eigenvalue weighted by molar-refractivity contribution is 6.02. The summed E-state index contributed by atoms with van der Waals surface area (Å²) < 4.78 is 7.56. The molecule has 0 aliphatic carbocycles. The van der Waals surface area contributed by atoms with Crippen LogP contribution in [-0.4, -0.2) is 34.2 Å². The zero-order valence-electron chi connectivity index (χ0n) is 19.9. The number of carbonyl (C=O) groups is 1. The molecule has 4 rings (SSSR count). The van der Waals surface area contributed by atoms with Crippen molar-refractivity contribution in [2.75, 3.05) is 13.7 Å². The van der Waals surface area contributed by atoms with Crippen LogP contribution >= 0.6 is 0 Å². The van der Waals surface area contributed by atoms with Crippen LogP contribution in [-0.2, 0) is 6.54 Å². The second-order valence-electron chi connectivity index (χ2n) is 8.27. The zero-order valence-corrected chi connectivity index (χ0v) is 19.9. The molecule has 0 spiro atoms. The van der Waals surface area contributed by atoms with Crippen molar-refractivity contribution >= 4 is 5.91 Å². The van der Waals surface area contributed by atoms with E-state index in [0.29, 0.717) is 30.2 Å². The minimum Gasteiger partial charge on any atom is -0.480 e. The molecule has 0 unspecified atom stereocenters. The van der Waals surface area contributed by atoms with E-state index in [1.807, 2.05) is 83.8 Å². The number of unbranched alkanes of at least 4 members (excludes halogenated alkanes) is 2. The highest BCUT2D eigenvalue weighted by Crippen LogP contribution is 2.34. The van der Waals surface area contributed by atoms with Crippen molar-refractivity contribution in [1.29, 1.82) is 0 Å². The number of methoxy groups -OCH3 is 1. The van der Waals surface area contributed by atoms with E-state index >= 15 is 0 Å². The maximum absolute atomic E-state index is 14.2. The third-order valence-electron chi connectivity index (χ3n) is 5.83. The van der Waals surface area contributed by atoms with E-state index in [4.69, 9.17) is 9.84 Å². The Kier molecular flexibility index (Phi) is 7.76. The SMILES string of the molecule is CCCCCN(Cc1ccccc1)C(=O)c1c(-c2ccccc2)nn(-c2ccccc2)c1OC. The molecule has 3 aromatic carbocycles. The molecule has 5 nitrogen and oxygen atoms in total. The summed E-state index contributed by atoms with van der Waals surface area (Å²) in [7, 11) is 1.60. The molecule has 0 atom stereocenters. The molecule has 1 amide bonds. The van der Waals surface area contributed by atoms with Crippen LogP contribution in [0.15, 0.2) is 91.0 Å². The number of para-hydroxylation sites is 1. The van der Waals surface area contributed by atoms with Gasteiger partial charge in [-0.2, -0.15) is 9.78 Å². The first kappa shape index (κ1) is 23.3. The first-order chi connectivity index (χ1) is 16.7. The van der Waals surface area contributed by atoms with Gasteiger partial charge >= 0.3 is 0 Å². The van der Waals surface area contributed by atoms with Gasteiger partial charge in [0.15, 0.2) is 0 Å². The fraction of sp³-hybridized carbons (Fsp3) is 0.241. The lowest BCUT2D eigenvalue weighted by Gasteiger charge is -2.23. The summed E-state index contributed by atoms with van der Waals surface area (Å²) in [5, 5.41) is 4.87. The Bertz CT molecular complexity index is 1190. The third-order valence-corrected chi connectivity index (χ3v) is 5.83. The van der Waals surface area contributed by atoms with Crippen molar-refractivity contribution in [3.8, 4) is 22.8 Å². The van der Waals surface area contributed by atoms with Crippen LogP contribution in [0.5, 0.6) is 5.88 Å². The Morgan fingerprint density at radius 3 is 2.12 bits per heavy atom. The normalized spacial score (nSPS) is 10.8. The molecule has 34 heavy (non-hydrogen) atoms. The van der Waals surface area contributed by atoms with E-state index in [9.17, 15) is 4.79 Å². The van der Waals surface area contributed by atoms with Crippen LogP contribution in [0.25, 0.3) is 16.9 Å². The smallest absolute Gasteiger partial charge is 0.261 e. The Labute approximate surface area is 201 Å². The van der Waals surface area contributed by atoms with Crippen molar-refractivity contribution in [2.24, 2.45) is 0 Å². The van der Waals surface area contributed by atoms with Gasteiger partial charge in [0.25, 0.3) is 5.91 Å². The van der Waals surface area contributed by atoms with Crippen LogP contribution in [0, 0.1) is 0 Å². The molecule has 0 aliphatic rings. The quantitative estimate of drug-likeness (QED) is 0.262. The topological polar surface area (TPSA) is 47.4 Å². The molecule has 0 fully saturated rings. The van der Waals surface area contributed by atoms with Gasteiger partial charge in [-0.25, -0.2) is 0 Å². The summed E-state index contributed by atoms with van der Waals surface area (Å²) in [6.07, 6.45) is 3.12. The Hall–Kier alpha value is -3.86. The standard InChI is InChI=1S/C29H31N3O2/c1-3-4-14-21-31(22-23-15-8-5-9-16-23)28(33)26-27(24-17-10-6-11-18-24)30-32(29(26)34-2)25-19-12-7-13-20-25/h5-13,15-20H,3-4,14,21-22H2,1-2H3. The zero-order chi connectivity index (χ0) is 23.8. The number of nitrogens with zero attached hydrogens (tertiary/aromatic N) is 3. The van der Waals surface area contributed by atoms with Gasteiger partial charge in [0.2, 0.25) is 5.88 Å². The predicted molar refractivity (Wildman–Crippen MR) is 136 cm³/mol. The average molecular weight is 454 g/mol. The number of benzene rings is 3. The molecule has 1 heterocycles. The van der Waals surface area contributed by atoms with Gasteiger partial charge in [0.05, 0.1) is 12.8 Å². The molecule has 0 N–H and O–H groups in total. The van der Waals surface area contributed by atoms with Gasteiger partial charge < -0.3 is 9.64 Å². The van der Waals surface area contributed by atoms with E-state index in [0.717, 1.165) is 36.1 Å². The Morgan fingerprint density at radius 2 is 1.50 bits per heavy atom. The number of hydrogen-bond donors (Lipinski definition) is 0. The largest absolute Gasteiger partial charge is 0.480 e. The highest BCUT2D eigenvalue weighted by atomic mass is 16.5. The second kappa shape index (κ2) is 11.3. The molecule has 1 aromatic heterocycles. The molecule has 0 bridgehead atoms. The monoisotopic (exact) mass is 453 g/mol. The van der Waals surface area contributed by atoms with Gasteiger partial charge in [-0.05, 0) is 24.1 Å². The van der Waals surface area contributed by atoms with Crippen molar-refractivity contribution in [2.45, 2.75) is 32.7 Å². The summed E-state index contributed by atoms with van der Waals surface area (Å²) in [6, 6.07) is 29.7. The summed E-state index contributed by atoms with van der Waals surface area (Å²) in [5.74, 6) is 0.376. The molecular formula is C29H31N3O2. The first-order valence-electron chi connectivity index (χ1n) is 11.8. The molecule has 0 radical (unpaired) electrons. The first-order valence-corrected chi connectivity index (χ1v) is 11.8. The van der Waals surface area contributed by atoms with Crippen LogP contribution in [0.4, 0.5) is 0 Å². The van der Waals surface area contributed by atoms with Gasteiger partial charge in [0.1, 0.15) is 11.3 Å². The number of amides is 1. The molecule has 5 heteroatoms. The van der Waals surface area contributed by atoms with Crippen molar-refractivity contribution in [1.82, 2.24) is 14.7 Å². The molecule has 174 valence electrons. The average Bonchev–Trinajstić information content (AvgIpc) is 3.29. The minimum atomic E-state index is -0.0714. The lowest BCUT2D eigenvalue weighted by atomic mass is 10.1. The van der Waals surface area contributed by atoms with Gasteiger partial charge in [0, 0.05) is 18.7 Å². The van der Waals surface area contributed by atoms with Crippen LogP contribution < -0.4 is 4.74 Å². The number of aromatic nitrogens is 2. The second-order valence-corrected chi connectivity index (χ2v) is 8.27. The summed E-state index contributed by atoms with van der Waals surface area (Å²) in [6.45, 7) is 3.39. The highest BCUT2D eigenvalue weighted by Gasteiger charge is 2.30. The fourth-order valence-electron chi connectivity index (χ4n) is 4.09. The predicted octanol–water partition coefficient (Wildman–Crippen LogP) is 6.38. The van der Waals surface area contributed by atoms with Crippen molar-refractivity contribution in [3.05, 3.63) is 102 Å². The van der Waals surface area contributed by atoms with Gasteiger partial charge in [-0.1, -0.05) is 98.6 Å². The molecule has 0 saturated carbocycles. The van der Waals surface area contributed by atoms with Crippen molar-refractivity contribution in [3.63, 3.8) is 0 Å². The molecule has 0 saturated heterocycles. The van der Waals surface area contributed by atoms with E-state index < -0.39 is 0 Å². The lowest BCUT2D eigenvalue weighted by Crippen LogP contribution is -2.32. The maximum atomic E-state index is 14.2. The third kappa shape index (κ3) is 5.20. The van der Waals surface area contributed by atoms with E-state index in [-0.39, 0.29) is 5.91 Å². The van der Waals surface area contributed by atoms with Crippen molar-refractivity contribution < 1.29 is 9.53 Å². The number of carbonyl (C=O) groups excluding carboxylic acids is 1. The summed E-state index contributed by atoms with van der Waals surface area (Å²) >= 11 is 0. The van der Waals surface area contributed by atoms with Crippen LogP contribution in [0.3, 0.4) is 0 Å². The van der Waals surface area contributed by atoms with Gasteiger partial charge in [-0.3, -0.25) is 4.79 Å². The maximum Gasteiger partial charge on any atom is 0.261 e. The number of hydrogen-bond acceptors (Lipinski definition) is 3. The molecule has 4 aromatic rings. The lowest BCUT2D eigenvalue weighted by molar-refractivity contribution is 0.0737. The Morgan fingerprint density at radius 1 is 0.882 bits per heavy atom. The van der Waals surface area contributed by atoms with Gasteiger partial charge in [-0.15, -0.1) is 0 Å². The Balaban J connectivity index is 1.82. The van der Waals surface area contributed by atoms with E-state index in [1.54, 1.807) is 11.8 Å². The summed E-state index contributed by atoms with van der Waals surface area (Å²) in [4.78, 5) is 16.1. The molecule has 0 aliphatic heterocycles.